The molecule has 0 saturated heterocycles. The Balaban J connectivity index is 1.99. The van der Waals surface area contributed by atoms with Crippen LogP contribution in [0.5, 0.6) is 0 Å². The molecule has 0 aliphatic heterocycles. The fourth-order valence-electron chi connectivity index (χ4n) is 3.15. The number of aliphatic carboxylic acids is 1. The van der Waals surface area contributed by atoms with E-state index in [-0.39, 0.29) is 17.7 Å². The Bertz CT molecular complexity index is 330. The molecule has 2 rings (SSSR count). The molecule has 0 radical (unpaired) electrons. The lowest BCUT2D eigenvalue weighted by Crippen LogP contribution is -2.37. The summed E-state index contributed by atoms with van der Waals surface area (Å²) >= 11 is 0. The van der Waals surface area contributed by atoms with Crippen molar-refractivity contribution in [2.24, 2.45) is 5.41 Å². The fourth-order valence-corrected chi connectivity index (χ4v) is 3.15. The molecular weight excluding hydrogens is 230 g/mol. The van der Waals surface area contributed by atoms with Crippen molar-refractivity contribution in [3.8, 4) is 0 Å². The van der Waals surface area contributed by atoms with Crippen molar-refractivity contribution in [3.05, 3.63) is 0 Å². The number of hydrogen-bond acceptors (Lipinski definition) is 2. The van der Waals surface area contributed by atoms with Crippen molar-refractivity contribution in [3.63, 3.8) is 0 Å². The molecule has 1 N–H and O–H groups in total. The topological polar surface area (TPSA) is 57.6 Å². The highest BCUT2D eigenvalue weighted by Gasteiger charge is 2.39. The standard InChI is InChI=1S/C14H23NO3/c1-15(11-5-6-11)12(16)9-14(10-13(17)18)7-3-2-4-8-14/h11H,2-10H2,1H3,(H,17,18). The van der Waals surface area contributed by atoms with E-state index in [0.717, 1.165) is 38.5 Å². The molecule has 2 fully saturated rings. The molecule has 2 aliphatic rings. The van der Waals surface area contributed by atoms with E-state index in [4.69, 9.17) is 5.11 Å². The number of amides is 1. The van der Waals surface area contributed by atoms with Gasteiger partial charge in [0, 0.05) is 19.5 Å². The van der Waals surface area contributed by atoms with E-state index in [1.165, 1.54) is 6.42 Å². The maximum Gasteiger partial charge on any atom is 0.303 e. The molecule has 0 aromatic rings. The molecule has 102 valence electrons. The second kappa shape index (κ2) is 5.29. The normalized spacial score (nSPS) is 22.5. The van der Waals surface area contributed by atoms with Gasteiger partial charge in [0.25, 0.3) is 0 Å². The first kappa shape index (κ1) is 13.4. The summed E-state index contributed by atoms with van der Waals surface area (Å²) in [6.07, 6.45) is 7.87. The van der Waals surface area contributed by atoms with Crippen LogP contribution >= 0.6 is 0 Å². The average molecular weight is 253 g/mol. The molecule has 0 unspecified atom stereocenters. The molecule has 0 aromatic carbocycles. The Hall–Kier alpha value is -1.06. The number of carbonyl (C=O) groups is 2. The maximum absolute atomic E-state index is 12.2. The Kier molecular flexibility index (Phi) is 3.93. The average Bonchev–Trinajstić information content (AvgIpc) is 3.11. The summed E-state index contributed by atoms with van der Waals surface area (Å²) in [7, 11) is 1.86. The number of carboxylic acids is 1. The Morgan fingerprint density at radius 2 is 1.78 bits per heavy atom. The van der Waals surface area contributed by atoms with Crippen LogP contribution in [0.25, 0.3) is 0 Å². The van der Waals surface area contributed by atoms with Gasteiger partial charge < -0.3 is 10.0 Å². The third-order valence-electron chi connectivity index (χ3n) is 4.45. The maximum atomic E-state index is 12.2. The van der Waals surface area contributed by atoms with Crippen molar-refractivity contribution in [1.29, 1.82) is 0 Å². The molecule has 2 aliphatic carbocycles. The number of nitrogens with zero attached hydrogens (tertiary/aromatic N) is 1. The lowest BCUT2D eigenvalue weighted by atomic mass is 9.69. The molecule has 0 atom stereocenters. The van der Waals surface area contributed by atoms with E-state index in [0.29, 0.717) is 12.5 Å². The summed E-state index contributed by atoms with van der Waals surface area (Å²) in [5.41, 5.74) is -0.273. The molecule has 0 spiro atoms. The van der Waals surface area contributed by atoms with E-state index in [1.54, 1.807) is 0 Å². The van der Waals surface area contributed by atoms with Crippen LogP contribution in [-0.4, -0.2) is 35.0 Å². The van der Waals surface area contributed by atoms with Crippen molar-refractivity contribution >= 4 is 11.9 Å². The van der Waals surface area contributed by atoms with Gasteiger partial charge in [0.1, 0.15) is 0 Å². The van der Waals surface area contributed by atoms with Crippen molar-refractivity contribution in [2.75, 3.05) is 7.05 Å². The van der Waals surface area contributed by atoms with Crippen LogP contribution in [0.4, 0.5) is 0 Å². The summed E-state index contributed by atoms with van der Waals surface area (Å²) < 4.78 is 0. The predicted molar refractivity (Wildman–Crippen MR) is 68.2 cm³/mol. The molecule has 4 nitrogen and oxygen atoms in total. The van der Waals surface area contributed by atoms with Crippen molar-refractivity contribution in [1.82, 2.24) is 4.90 Å². The summed E-state index contributed by atoms with van der Waals surface area (Å²) in [6.45, 7) is 0. The zero-order chi connectivity index (χ0) is 13.2. The van der Waals surface area contributed by atoms with Gasteiger partial charge in [-0.25, -0.2) is 0 Å². The SMILES string of the molecule is CN(C(=O)CC1(CC(=O)O)CCCCC1)C1CC1. The van der Waals surface area contributed by atoms with Crippen molar-refractivity contribution < 1.29 is 14.7 Å². The highest BCUT2D eigenvalue weighted by atomic mass is 16.4. The zero-order valence-electron chi connectivity index (χ0n) is 11.2. The minimum atomic E-state index is -0.765. The Labute approximate surface area is 108 Å². The fraction of sp³-hybridized carbons (Fsp3) is 0.857. The van der Waals surface area contributed by atoms with E-state index in [1.807, 2.05) is 11.9 Å². The first-order valence-electron chi connectivity index (χ1n) is 7.00. The van der Waals surface area contributed by atoms with E-state index >= 15 is 0 Å². The third kappa shape index (κ3) is 3.24. The minimum absolute atomic E-state index is 0.139. The monoisotopic (exact) mass is 253 g/mol. The summed E-state index contributed by atoms with van der Waals surface area (Å²) in [4.78, 5) is 25.1. The van der Waals surface area contributed by atoms with Crippen LogP contribution in [0.15, 0.2) is 0 Å². The van der Waals surface area contributed by atoms with Gasteiger partial charge in [-0.2, -0.15) is 0 Å². The highest BCUT2D eigenvalue weighted by molar-refractivity contribution is 5.78. The van der Waals surface area contributed by atoms with E-state index in [9.17, 15) is 9.59 Å². The summed E-state index contributed by atoms with van der Waals surface area (Å²) in [5.74, 6) is -0.626. The zero-order valence-corrected chi connectivity index (χ0v) is 11.2. The van der Waals surface area contributed by atoms with Gasteiger partial charge in [0.15, 0.2) is 0 Å². The third-order valence-corrected chi connectivity index (χ3v) is 4.45. The molecule has 1 amide bonds. The highest BCUT2D eigenvalue weighted by Crippen LogP contribution is 2.43. The van der Waals surface area contributed by atoms with Crippen LogP contribution in [0, 0.1) is 5.41 Å². The quantitative estimate of drug-likeness (QED) is 0.818. The lowest BCUT2D eigenvalue weighted by molar-refractivity contribution is -0.142. The van der Waals surface area contributed by atoms with Crippen LogP contribution in [0.1, 0.15) is 57.8 Å². The van der Waals surface area contributed by atoms with Crippen LogP contribution in [0.3, 0.4) is 0 Å². The van der Waals surface area contributed by atoms with Crippen molar-refractivity contribution in [2.45, 2.75) is 63.8 Å². The number of carboxylic acid groups (broad SMARTS) is 1. The molecule has 4 heteroatoms. The van der Waals surface area contributed by atoms with Gasteiger partial charge in [-0.1, -0.05) is 19.3 Å². The van der Waals surface area contributed by atoms with E-state index in [2.05, 4.69) is 0 Å². The Morgan fingerprint density at radius 3 is 2.28 bits per heavy atom. The Morgan fingerprint density at radius 1 is 1.17 bits per heavy atom. The van der Waals surface area contributed by atoms with Gasteiger partial charge >= 0.3 is 5.97 Å². The van der Waals surface area contributed by atoms with Gasteiger partial charge in [-0.3, -0.25) is 9.59 Å². The minimum Gasteiger partial charge on any atom is -0.481 e. The summed E-state index contributed by atoms with van der Waals surface area (Å²) in [5, 5.41) is 9.08. The van der Waals surface area contributed by atoms with Gasteiger partial charge in [0.05, 0.1) is 6.42 Å². The summed E-state index contributed by atoms with van der Waals surface area (Å²) in [6, 6.07) is 0.419. The number of rotatable bonds is 5. The lowest BCUT2D eigenvalue weighted by Gasteiger charge is -2.36. The predicted octanol–water partition coefficient (Wildman–Crippen LogP) is 2.42. The van der Waals surface area contributed by atoms with Gasteiger partial charge in [-0.05, 0) is 31.1 Å². The largest absolute Gasteiger partial charge is 0.481 e. The van der Waals surface area contributed by atoms with Gasteiger partial charge in [0.2, 0.25) is 5.91 Å². The number of hydrogen-bond donors (Lipinski definition) is 1. The molecule has 2 saturated carbocycles. The second-order valence-electron chi connectivity index (χ2n) is 6.04. The van der Waals surface area contributed by atoms with E-state index < -0.39 is 5.97 Å². The van der Waals surface area contributed by atoms with Crippen LogP contribution in [-0.2, 0) is 9.59 Å². The molecule has 0 bridgehead atoms. The van der Waals surface area contributed by atoms with Crippen LogP contribution in [0.2, 0.25) is 0 Å². The number of carbonyl (C=O) groups excluding carboxylic acids is 1. The first-order chi connectivity index (χ1) is 8.52. The molecule has 18 heavy (non-hydrogen) atoms. The first-order valence-corrected chi connectivity index (χ1v) is 7.00. The van der Waals surface area contributed by atoms with Crippen LogP contribution < -0.4 is 0 Å². The smallest absolute Gasteiger partial charge is 0.303 e. The van der Waals surface area contributed by atoms with Gasteiger partial charge in [-0.15, -0.1) is 0 Å². The molecule has 0 aromatic heterocycles. The molecular formula is C14H23NO3. The molecule has 0 heterocycles. The second-order valence-corrected chi connectivity index (χ2v) is 6.04.